The fourth-order valence-electron chi connectivity index (χ4n) is 1.78. The van der Waals surface area contributed by atoms with Gasteiger partial charge in [0.1, 0.15) is 0 Å². The van der Waals surface area contributed by atoms with Crippen molar-refractivity contribution in [3.05, 3.63) is 0 Å². The van der Waals surface area contributed by atoms with Crippen molar-refractivity contribution in [3.8, 4) is 0 Å². The van der Waals surface area contributed by atoms with Crippen LogP contribution in [-0.2, 0) is 10.9 Å². The van der Waals surface area contributed by atoms with E-state index in [2.05, 4.69) is 6.92 Å². The van der Waals surface area contributed by atoms with Gasteiger partial charge in [-0.05, 0) is 6.42 Å². The number of rotatable bonds is 11. The first-order chi connectivity index (χ1) is 8.06. The van der Waals surface area contributed by atoms with E-state index in [-0.39, 0.29) is 0 Å². The van der Waals surface area contributed by atoms with Gasteiger partial charge < -0.3 is 0 Å². The molecule has 5 heteroatoms. The highest BCUT2D eigenvalue weighted by molar-refractivity contribution is 8.16. The first-order valence-corrected chi connectivity index (χ1v) is 10.0. The van der Waals surface area contributed by atoms with E-state index >= 15 is 0 Å². The highest BCUT2D eigenvalue weighted by Gasteiger charge is 2.17. The summed E-state index contributed by atoms with van der Waals surface area (Å²) < 4.78 is 0. The standard InChI is InChI=1S/C12H28O3PS/c1-2-3-4-5-6-7-8-9-10-11-12-17-16(13,14)15/h13-15H,2-12H2,1H3/q+1. The third-order valence-electron chi connectivity index (χ3n) is 2.76. The summed E-state index contributed by atoms with van der Waals surface area (Å²) in [5.74, 6) is 0.647. The van der Waals surface area contributed by atoms with Gasteiger partial charge in [-0.2, -0.15) is 0 Å². The lowest BCUT2D eigenvalue weighted by atomic mass is 10.1. The van der Waals surface area contributed by atoms with Crippen LogP contribution >= 0.6 is 6.72 Å². The maximum absolute atomic E-state index is 8.75. The maximum atomic E-state index is 8.75. The molecule has 0 radical (unpaired) electrons. The molecule has 0 atom stereocenters. The molecule has 0 saturated carbocycles. The SMILES string of the molecule is CCCCCCCCCCCC[S+]=P(O)(O)O. The smallest absolute Gasteiger partial charge is 0.290 e. The van der Waals surface area contributed by atoms with Gasteiger partial charge in [-0.1, -0.05) is 58.3 Å². The van der Waals surface area contributed by atoms with Gasteiger partial charge in [0.05, 0.1) is 0 Å². The van der Waals surface area contributed by atoms with Crippen LogP contribution < -0.4 is 0 Å². The van der Waals surface area contributed by atoms with E-state index < -0.39 is 6.72 Å². The van der Waals surface area contributed by atoms with E-state index in [1.54, 1.807) is 0 Å². The second-order valence-electron chi connectivity index (χ2n) is 4.53. The molecular weight excluding hydrogens is 255 g/mol. The Balaban J connectivity index is 3.09. The quantitative estimate of drug-likeness (QED) is 0.308. The average Bonchev–Trinajstić information content (AvgIpc) is 2.24. The van der Waals surface area contributed by atoms with Crippen LogP contribution in [0.1, 0.15) is 71.1 Å². The minimum absolute atomic E-state index is 0.647. The molecule has 0 heterocycles. The first-order valence-electron chi connectivity index (χ1n) is 6.78. The van der Waals surface area contributed by atoms with Crippen molar-refractivity contribution in [2.24, 2.45) is 0 Å². The molecule has 0 bridgehead atoms. The van der Waals surface area contributed by atoms with Crippen LogP contribution in [0.4, 0.5) is 0 Å². The van der Waals surface area contributed by atoms with Crippen LogP contribution in [-0.4, -0.2) is 20.4 Å². The van der Waals surface area contributed by atoms with Gasteiger partial charge in [0.25, 0.3) is 0 Å². The van der Waals surface area contributed by atoms with Gasteiger partial charge in [-0.25, -0.2) is 0 Å². The highest BCUT2D eigenvalue weighted by Crippen LogP contribution is 2.31. The van der Waals surface area contributed by atoms with Gasteiger partial charge in [0, 0.05) is 6.42 Å². The van der Waals surface area contributed by atoms with E-state index in [9.17, 15) is 0 Å². The van der Waals surface area contributed by atoms with Crippen molar-refractivity contribution in [1.82, 2.24) is 0 Å². The summed E-state index contributed by atoms with van der Waals surface area (Å²) in [4.78, 5) is 26.2. The van der Waals surface area contributed by atoms with Crippen molar-refractivity contribution in [3.63, 3.8) is 0 Å². The van der Waals surface area contributed by atoms with E-state index in [1.165, 1.54) is 51.4 Å². The molecule has 0 rings (SSSR count). The molecule has 104 valence electrons. The predicted molar refractivity (Wildman–Crippen MR) is 77.7 cm³/mol. The number of hydrogen-bond donors (Lipinski definition) is 3. The van der Waals surface area contributed by atoms with Crippen LogP contribution in [0.5, 0.6) is 0 Å². The maximum Gasteiger partial charge on any atom is 0.515 e. The van der Waals surface area contributed by atoms with E-state index in [0.29, 0.717) is 5.75 Å². The summed E-state index contributed by atoms with van der Waals surface area (Å²) in [6, 6.07) is 0. The fourth-order valence-corrected chi connectivity index (χ4v) is 3.48. The third kappa shape index (κ3) is 16.5. The summed E-state index contributed by atoms with van der Waals surface area (Å²) in [6.07, 6.45) is 12.7. The number of unbranched alkanes of at least 4 members (excludes halogenated alkanes) is 9. The monoisotopic (exact) mass is 283 g/mol. The Bertz CT molecular complexity index is 208. The number of hydrogen-bond acceptors (Lipinski definition) is 0. The summed E-state index contributed by atoms with van der Waals surface area (Å²) in [6.45, 7) is -1.34. The summed E-state index contributed by atoms with van der Waals surface area (Å²) in [7, 11) is 0.889. The average molecular weight is 283 g/mol. The molecule has 0 unspecified atom stereocenters. The van der Waals surface area contributed by atoms with Crippen molar-refractivity contribution < 1.29 is 14.7 Å². The lowest BCUT2D eigenvalue weighted by Gasteiger charge is -2.00. The molecule has 3 N–H and O–H groups in total. The molecule has 0 aromatic carbocycles. The molecule has 0 spiro atoms. The minimum atomic E-state index is -3.58. The van der Waals surface area contributed by atoms with Crippen LogP contribution in [0.25, 0.3) is 0 Å². The van der Waals surface area contributed by atoms with Crippen LogP contribution in [0.2, 0.25) is 0 Å². The molecule has 0 aromatic heterocycles. The molecule has 0 fully saturated rings. The van der Waals surface area contributed by atoms with Gasteiger partial charge in [-0.15, -0.1) is 0 Å². The molecule has 3 nitrogen and oxygen atoms in total. The second kappa shape index (κ2) is 11.6. The largest absolute Gasteiger partial charge is 0.515 e. The molecule has 0 amide bonds. The molecule has 0 aromatic rings. The van der Waals surface area contributed by atoms with Crippen molar-refractivity contribution in [2.75, 3.05) is 5.75 Å². The Labute approximate surface area is 109 Å². The minimum Gasteiger partial charge on any atom is -0.290 e. The lowest BCUT2D eigenvalue weighted by molar-refractivity contribution is 0.363. The zero-order valence-corrected chi connectivity index (χ0v) is 12.7. The summed E-state index contributed by atoms with van der Waals surface area (Å²) in [5.41, 5.74) is 0. The third-order valence-corrected chi connectivity index (χ3v) is 5.17. The Morgan fingerprint density at radius 2 is 1.12 bits per heavy atom. The van der Waals surface area contributed by atoms with Crippen molar-refractivity contribution >= 4 is 17.7 Å². The van der Waals surface area contributed by atoms with E-state index in [0.717, 1.165) is 23.8 Å². The molecule has 0 aliphatic rings. The fraction of sp³-hybridized carbons (Fsp3) is 1.00. The van der Waals surface area contributed by atoms with Crippen LogP contribution in [0, 0.1) is 0 Å². The highest BCUT2D eigenvalue weighted by atomic mass is 32.5. The van der Waals surface area contributed by atoms with E-state index in [4.69, 9.17) is 14.7 Å². The Hall–Kier alpha value is 0.530. The Morgan fingerprint density at radius 1 is 0.706 bits per heavy atom. The van der Waals surface area contributed by atoms with E-state index in [1.807, 2.05) is 0 Å². The first kappa shape index (κ1) is 17.5. The topological polar surface area (TPSA) is 60.7 Å². The summed E-state index contributed by atoms with van der Waals surface area (Å²) in [5, 5.41) is 0. The van der Waals surface area contributed by atoms with Crippen LogP contribution in [0.15, 0.2) is 0 Å². The van der Waals surface area contributed by atoms with Gasteiger partial charge >= 0.3 is 6.72 Å². The van der Waals surface area contributed by atoms with Crippen LogP contribution in [0.3, 0.4) is 0 Å². The predicted octanol–water partition coefficient (Wildman–Crippen LogP) is 3.64. The lowest BCUT2D eigenvalue weighted by Crippen LogP contribution is -1.87. The molecule has 0 saturated heterocycles. The Kier molecular flexibility index (Phi) is 12.0. The van der Waals surface area contributed by atoms with Gasteiger partial charge in [0.2, 0.25) is 10.9 Å². The normalized spacial score (nSPS) is 11.8. The summed E-state index contributed by atoms with van der Waals surface area (Å²) >= 11 is 0. The second-order valence-corrected chi connectivity index (χ2v) is 8.47. The molecular formula is C12H28O3PS+. The van der Waals surface area contributed by atoms with Gasteiger partial charge in [-0.3, -0.25) is 14.7 Å². The van der Waals surface area contributed by atoms with Crippen molar-refractivity contribution in [1.29, 1.82) is 0 Å². The molecule has 17 heavy (non-hydrogen) atoms. The van der Waals surface area contributed by atoms with Crippen molar-refractivity contribution in [2.45, 2.75) is 71.1 Å². The zero-order chi connectivity index (χ0) is 13.0. The Morgan fingerprint density at radius 3 is 1.53 bits per heavy atom. The molecule has 0 aliphatic carbocycles. The molecule has 0 aliphatic heterocycles. The zero-order valence-electron chi connectivity index (χ0n) is 11.0. The van der Waals surface area contributed by atoms with Gasteiger partial charge in [0.15, 0.2) is 5.75 Å².